The van der Waals surface area contributed by atoms with Crippen LogP contribution in [0.15, 0.2) is 78.8 Å². The van der Waals surface area contributed by atoms with Crippen LogP contribution >= 0.6 is 0 Å². The molecule has 0 saturated heterocycles. The molecule has 0 unspecified atom stereocenters. The second-order valence-corrected chi connectivity index (χ2v) is 2.91. The van der Waals surface area contributed by atoms with Gasteiger partial charge in [0, 0.05) is 49.6 Å². The van der Waals surface area contributed by atoms with Crippen molar-refractivity contribution in [3.63, 3.8) is 0 Å². The van der Waals surface area contributed by atoms with E-state index in [1.807, 2.05) is 36.6 Å². The van der Waals surface area contributed by atoms with Gasteiger partial charge in [0.25, 0.3) is 0 Å². The monoisotopic (exact) mass is 228 g/mol. The highest BCUT2D eigenvalue weighted by Crippen LogP contribution is 1.80. The predicted octanol–water partition coefficient (Wildman–Crippen LogP) is 1.88. The molecule has 17 heavy (non-hydrogen) atoms. The van der Waals surface area contributed by atoms with Crippen molar-refractivity contribution in [3.8, 4) is 0 Å². The molecule has 3 N–H and O–H groups in total. The Kier molecular flexibility index (Phi) is 7.43. The first-order valence-electron chi connectivity index (χ1n) is 5.25. The fraction of sp³-hybridized carbons (Fsp3) is 0. The molecule has 0 aromatic heterocycles. The van der Waals surface area contributed by atoms with Crippen LogP contribution in [-0.2, 0) is 0 Å². The Morgan fingerprint density at radius 3 is 1.88 bits per heavy atom. The smallest absolute Gasteiger partial charge is 0.0282 e. The molecule has 0 spiro atoms. The number of aliphatic imine (C=N–C) groups is 1. The maximum Gasteiger partial charge on any atom is 0.0282 e. The molecule has 0 fully saturated rings. The minimum atomic E-state index is 1.70. The average molecular weight is 228 g/mol. The summed E-state index contributed by atoms with van der Waals surface area (Å²) in [5, 5.41) is 8.90. The summed E-state index contributed by atoms with van der Waals surface area (Å²) in [5.41, 5.74) is 0. The van der Waals surface area contributed by atoms with E-state index in [1.165, 1.54) is 0 Å². The molecule has 0 aromatic rings. The Labute approximate surface area is 102 Å². The number of nitrogens with zero attached hydrogens (tertiary/aromatic N) is 1. The lowest BCUT2D eigenvalue weighted by atomic mass is 10.4. The first-order valence-corrected chi connectivity index (χ1v) is 5.25. The van der Waals surface area contributed by atoms with Crippen LogP contribution < -0.4 is 16.0 Å². The van der Waals surface area contributed by atoms with Gasteiger partial charge in [-0.15, -0.1) is 0 Å². The molecule has 0 aromatic carbocycles. The maximum atomic E-state index is 4.04. The van der Waals surface area contributed by atoms with Gasteiger partial charge in [0.2, 0.25) is 0 Å². The van der Waals surface area contributed by atoms with E-state index < -0.39 is 0 Å². The normalized spacial score (nSPS) is 16.0. The van der Waals surface area contributed by atoms with Gasteiger partial charge in [0.1, 0.15) is 0 Å². The van der Waals surface area contributed by atoms with Crippen LogP contribution in [0.1, 0.15) is 0 Å². The van der Waals surface area contributed by atoms with Crippen LogP contribution in [0.4, 0.5) is 0 Å². The molecule has 4 nitrogen and oxygen atoms in total. The highest BCUT2D eigenvalue weighted by Gasteiger charge is 1.69. The van der Waals surface area contributed by atoms with E-state index in [4.69, 9.17) is 0 Å². The number of hydrogen-bond acceptors (Lipinski definition) is 4. The second kappa shape index (κ2) is 10.0. The van der Waals surface area contributed by atoms with Gasteiger partial charge < -0.3 is 16.0 Å². The Morgan fingerprint density at radius 2 is 1.12 bits per heavy atom. The number of nitrogens with one attached hydrogen (secondary N) is 3. The van der Waals surface area contributed by atoms with Crippen molar-refractivity contribution in [2.24, 2.45) is 4.99 Å². The van der Waals surface area contributed by atoms with E-state index >= 15 is 0 Å². The van der Waals surface area contributed by atoms with Crippen LogP contribution in [0.25, 0.3) is 0 Å². The molecule has 0 aliphatic carbocycles. The van der Waals surface area contributed by atoms with Crippen molar-refractivity contribution < 1.29 is 0 Å². The number of rotatable bonds is 0. The predicted molar refractivity (Wildman–Crippen MR) is 72.7 cm³/mol. The van der Waals surface area contributed by atoms with E-state index in [2.05, 4.69) is 20.9 Å². The van der Waals surface area contributed by atoms with Gasteiger partial charge in [-0.25, -0.2) is 0 Å². The van der Waals surface area contributed by atoms with Crippen molar-refractivity contribution in [2.45, 2.75) is 0 Å². The topological polar surface area (TPSA) is 48.4 Å². The fourth-order valence-corrected chi connectivity index (χ4v) is 0.896. The van der Waals surface area contributed by atoms with E-state index in [-0.39, 0.29) is 0 Å². The minimum Gasteiger partial charge on any atom is -0.366 e. The van der Waals surface area contributed by atoms with Crippen molar-refractivity contribution >= 4 is 6.21 Å². The Balaban J connectivity index is 2.53. The van der Waals surface area contributed by atoms with Crippen LogP contribution in [0.2, 0.25) is 0 Å². The van der Waals surface area contributed by atoms with Crippen molar-refractivity contribution in [3.05, 3.63) is 73.8 Å². The van der Waals surface area contributed by atoms with Gasteiger partial charge in [0.05, 0.1) is 0 Å². The van der Waals surface area contributed by atoms with Crippen LogP contribution in [0, 0.1) is 0 Å². The SMILES string of the molecule is C1=CC=CNC=CNC=CNC=CC=NC=C1. The molecule has 0 saturated carbocycles. The quantitative estimate of drug-likeness (QED) is 0.593. The lowest BCUT2D eigenvalue weighted by Gasteiger charge is -1.91. The van der Waals surface area contributed by atoms with Crippen molar-refractivity contribution in [2.75, 3.05) is 0 Å². The minimum absolute atomic E-state index is 1.70. The Bertz CT molecular complexity index is 348. The molecule has 4 heteroatoms. The molecular weight excluding hydrogens is 212 g/mol. The van der Waals surface area contributed by atoms with Crippen molar-refractivity contribution in [1.29, 1.82) is 0 Å². The van der Waals surface area contributed by atoms with E-state index in [0.29, 0.717) is 0 Å². The maximum absolute atomic E-state index is 4.04. The van der Waals surface area contributed by atoms with Crippen molar-refractivity contribution in [1.82, 2.24) is 16.0 Å². The summed E-state index contributed by atoms with van der Waals surface area (Å²) in [5.74, 6) is 0. The van der Waals surface area contributed by atoms with Crippen LogP contribution in [0.5, 0.6) is 0 Å². The van der Waals surface area contributed by atoms with E-state index in [0.717, 1.165) is 0 Å². The van der Waals surface area contributed by atoms with E-state index in [9.17, 15) is 0 Å². The first-order chi connectivity index (χ1) is 8.50. The van der Waals surface area contributed by atoms with E-state index in [1.54, 1.807) is 43.4 Å². The zero-order valence-corrected chi connectivity index (χ0v) is 9.45. The van der Waals surface area contributed by atoms with Gasteiger partial charge in [-0.05, 0) is 18.2 Å². The highest BCUT2D eigenvalue weighted by molar-refractivity contribution is 5.71. The van der Waals surface area contributed by atoms with Crippen LogP contribution in [-0.4, -0.2) is 6.21 Å². The van der Waals surface area contributed by atoms with Crippen LogP contribution in [0.3, 0.4) is 0 Å². The third kappa shape index (κ3) is 8.50. The molecule has 0 amide bonds. The van der Waals surface area contributed by atoms with Gasteiger partial charge in [-0.3, -0.25) is 4.99 Å². The summed E-state index contributed by atoms with van der Waals surface area (Å²) in [7, 11) is 0. The summed E-state index contributed by atoms with van der Waals surface area (Å²) in [6, 6.07) is 0. The van der Waals surface area contributed by atoms with Gasteiger partial charge >= 0.3 is 0 Å². The Morgan fingerprint density at radius 1 is 0.529 bits per heavy atom. The molecule has 0 bridgehead atoms. The van der Waals surface area contributed by atoms with Gasteiger partial charge in [-0.1, -0.05) is 12.2 Å². The molecular formula is C13H16N4. The zero-order valence-electron chi connectivity index (χ0n) is 9.45. The second-order valence-electron chi connectivity index (χ2n) is 2.91. The summed E-state index contributed by atoms with van der Waals surface area (Å²) in [4.78, 5) is 4.04. The fourth-order valence-electron chi connectivity index (χ4n) is 0.896. The van der Waals surface area contributed by atoms with Gasteiger partial charge in [-0.2, -0.15) is 0 Å². The third-order valence-corrected chi connectivity index (χ3v) is 1.61. The molecule has 1 aliphatic rings. The molecule has 0 radical (unpaired) electrons. The zero-order chi connectivity index (χ0) is 12.0. The summed E-state index contributed by atoms with van der Waals surface area (Å²) < 4.78 is 0. The standard InChI is InChI=1S/C13H16N4/c1-2-4-7-15-10-12-17-13-11-16-9-5-8-14-6-3-1/h1-13,15-17H. The molecule has 0 atom stereocenters. The molecule has 1 aliphatic heterocycles. The summed E-state index contributed by atoms with van der Waals surface area (Å²) >= 11 is 0. The lowest BCUT2D eigenvalue weighted by Crippen LogP contribution is -2.00. The molecule has 88 valence electrons. The molecule has 1 heterocycles. The number of hydrogen-bond donors (Lipinski definition) is 3. The highest BCUT2D eigenvalue weighted by atomic mass is 14.9. The number of allylic oxidation sites excluding steroid dienone is 5. The largest absolute Gasteiger partial charge is 0.366 e. The lowest BCUT2D eigenvalue weighted by molar-refractivity contribution is 1.08. The summed E-state index contributed by atoms with van der Waals surface area (Å²) in [6.07, 6.45) is 23.6. The Hall–Kier alpha value is -2.49. The average Bonchev–Trinajstić information content (AvgIpc) is 2.35. The third-order valence-electron chi connectivity index (χ3n) is 1.61. The first kappa shape index (κ1) is 12.6. The molecule has 1 rings (SSSR count). The summed E-state index contributed by atoms with van der Waals surface area (Å²) in [6.45, 7) is 0. The van der Waals surface area contributed by atoms with Gasteiger partial charge in [0.15, 0.2) is 0 Å².